The first-order valence-electron chi connectivity index (χ1n) is 9.56. The molecular weight excluding hydrogens is 316 g/mol. The standard InChI is InChI=1S/C20H34N2O3/c1-5-7-13-21(3)19-15-23-16-20(22(4)14-8-6-2)25-18-12-10-9-11-17(18)24-19/h9-12,19-20H,5-8,13-16H2,1-4H3. The van der Waals surface area contributed by atoms with Crippen LogP contribution >= 0.6 is 0 Å². The summed E-state index contributed by atoms with van der Waals surface area (Å²) >= 11 is 0. The van der Waals surface area contributed by atoms with E-state index in [0.717, 1.165) is 37.4 Å². The molecule has 2 atom stereocenters. The van der Waals surface area contributed by atoms with Gasteiger partial charge in [0, 0.05) is 13.1 Å². The van der Waals surface area contributed by atoms with E-state index < -0.39 is 0 Å². The van der Waals surface area contributed by atoms with E-state index in [0.29, 0.717) is 13.2 Å². The summed E-state index contributed by atoms with van der Waals surface area (Å²) in [4.78, 5) is 4.45. The maximum Gasteiger partial charge on any atom is 0.176 e. The predicted octanol–water partition coefficient (Wildman–Crippen LogP) is 3.59. The molecule has 1 aliphatic heterocycles. The van der Waals surface area contributed by atoms with Crippen LogP contribution in [-0.4, -0.2) is 62.7 Å². The van der Waals surface area contributed by atoms with Crippen LogP contribution in [0.3, 0.4) is 0 Å². The molecule has 5 nitrogen and oxygen atoms in total. The van der Waals surface area contributed by atoms with Gasteiger partial charge in [-0.3, -0.25) is 9.80 Å². The van der Waals surface area contributed by atoms with Gasteiger partial charge in [0.2, 0.25) is 0 Å². The van der Waals surface area contributed by atoms with E-state index in [1.165, 1.54) is 12.8 Å². The molecule has 0 N–H and O–H groups in total. The number of rotatable bonds is 8. The SMILES string of the molecule is CCCCN(C)C1COCC(N(C)CCCC)Oc2ccccc2O1. The lowest BCUT2D eigenvalue weighted by atomic mass is 10.3. The first-order chi connectivity index (χ1) is 12.2. The lowest BCUT2D eigenvalue weighted by Gasteiger charge is -2.28. The summed E-state index contributed by atoms with van der Waals surface area (Å²) in [5.74, 6) is 1.57. The van der Waals surface area contributed by atoms with Gasteiger partial charge >= 0.3 is 0 Å². The average Bonchev–Trinajstić information content (AvgIpc) is 2.72. The molecule has 5 heteroatoms. The van der Waals surface area contributed by atoms with Crippen molar-refractivity contribution in [2.24, 2.45) is 0 Å². The van der Waals surface area contributed by atoms with Gasteiger partial charge in [-0.15, -0.1) is 0 Å². The van der Waals surface area contributed by atoms with Crippen LogP contribution in [0, 0.1) is 0 Å². The highest BCUT2D eigenvalue weighted by Crippen LogP contribution is 2.30. The number of ether oxygens (including phenoxy) is 3. The number of hydrogen-bond acceptors (Lipinski definition) is 5. The Bertz CT molecular complexity index is 455. The molecule has 1 aromatic rings. The maximum atomic E-state index is 6.24. The van der Waals surface area contributed by atoms with Crippen molar-refractivity contribution in [3.05, 3.63) is 24.3 Å². The number of fused-ring (bicyclic) bond motifs is 1. The quantitative estimate of drug-likeness (QED) is 0.716. The van der Waals surface area contributed by atoms with Crippen LogP contribution in [-0.2, 0) is 4.74 Å². The fourth-order valence-corrected chi connectivity index (χ4v) is 2.81. The van der Waals surface area contributed by atoms with Crippen molar-refractivity contribution < 1.29 is 14.2 Å². The van der Waals surface area contributed by atoms with Gasteiger partial charge in [-0.1, -0.05) is 38.8 Å². The van der Waals surface area contributed by atoms with Gasteiger partial charge in [-0.25, -0.2) is 0 Å². The highest BCUT2D eigenvalue weighted by Gasteiger charge is 2.25. The molecule has 0 radical (unpaired) electrons. The number of unbranched alkanes of at least 4 members (excludes halogenated alkanes) is 2. The smallest absolute Gasteiger partial charge is 0.176 e. The Hall–Kier alpha value is -1.30. The third-order valence-electron chi connectivity index (χ3n) is 4.61. The summed E-state index contributed by atoms with van der Waals surface area (Å²) in [6, 6.07) is 7.93. The van der Waals surface area contributed by atoms with Crippen LogP contribution < -0.4 is 9.47 Å². The van der Waals surface area contributed by atoms with Gasteiger partial charge in [0.15, 0.2) is 24.0 Å². The highest BCUT2D eigenvalue weighted by atomic mass is 16.6. The molecule has 142 valence electrons. The Kier molecular flexibility index (Phi) is 8.52. The topological polar surface area (TPSA) is 34.2 Å². The molecule has 0 bridgehead atoms. The van der Waals surface area contributed by atoms with Crippen molar-refractivity contribution in [1.29, 1.82) is 0 Å². The Morgan fingerprint density at radius 2 is 1.28 bits per heavy atom. The van der Waals surface area contributed by atoms with E-state index in [2.05, 4.69) is 37.7 Å². The zero-order chi connectivity index (χ0) is 18.1. The van der Waals surface area contributed by atoms with E-state index in [4.69, 9.17) is 14.2 Å². The van der Waals surface area contributed by atoms with Crippen LogP contribution in [0.4, 0.5) is 0 Å². The average molecular weight is 351 g/mol. The molecule has 2 rings (SSSR count). The van der Waals surface area contributed by atoms with Crippen molar-refractivity contribution >= 4 is 0 Å². The molecule has 0 spiro atoms. The lowest BCUT2D eigenvalue weighted by molar-refractivity contribution is -0.0633. The summed E-state index contributed by atoms with van der Waals surface area (Å²) in [5.41, 5.74) is 0. The van der Waals surface area contributed by atoms with E-state index in [1.54, 1.807) is 0 Å². The number of para-hydroxylation sites is 2. The highest BCUT2D eigenvalue weighted by molar-refractivity contribution is 5.39. The Morgan fingerprint density at radius 3 is 1.68 bits per heavy atom. The molecule has 0 aliphatic carbocycles. The summed E-state index contributed by atoms with van der Waals surface area (Å²) in [5, 5.41) is 0. The van der Waals surface area contributed by atoms with E-state index in [-0.39, 0.29) is 12.5 Å². The summed E-state index contributed by atoms with van der Waals surface area (Å²) in [7, 11) is 4.19. The monoisotopic (exact) mass is 350 g/mol. The minimum atomic E-state index is -0.101. The minimum absolute atomic E-state index is 0.101. The molecule has 1 heterocycles. The normalized spacial score (nSPS) is 21.0. The molecule has 0 aromatic heterocycles. The van der Waals surface area contributed by atoms with Crippen molar-refractivity contribution in [1.82, 2.24) is 9.80 Å². The number of hydrogen-bond donors (Lipinski definition) is 0. The van der Waals surface area contributed by atoms with Gasteiger partial charge in [0.05, 0.1) is 13.2 Å². The van der Waals surface area contributed by atoms with Crippen molar-refractivity contribution in [3.63, 3.8) is 0 Å². The fraction of sp³-hybridized carbons (Fsp3) is 0.700. The summed E-state index contributed by atoms with van der Waals surface area (Å²) in [6.07, 6.45) is 4.43. The fourth-order valence-electron chi connectivity index (χ4n) is 2.81. The second-order valence-electron chi connectivity index (χ2n) is 6.80. The van der Waals surface area contributed by atoms with E-state index in [1.807, 2.05) is 24.3 Å². The van der Waals surface area contributed by atoms with Gasteiger partial charge in [-0.05, 0) is 39.1 Å². The Morgan fingerprint density at radius 1 is 0.840 bits per heavy atom. The Labute approximate surface area is 152 Å². The Balaban J connectivity index is 2.12. The van der Waals surface area contributed by atoms with Crippen molar-refractivity contribution in [2.75, 3.05) is 40.4 Å². The molecule has 25 heavy (non-hydrogen) atoms. The lowest BCUT2D eigenvalue weighted by Crippen LogP contribution is -2.43. The predicted molar refractivity (Wildman–Crippen MR) is 101 cm³/mol. The van der Waals surface area contributed by atoms with Crippen LogP contribution in [0.15, 0.2) is 24.3 Å². The molecular formula is C20H34N2O3. The van der Waals surface area contributed by atoms with E-state index in [9.17, 15) is 0 Å². The van der Waals surface area contributed by atoms with Gasteiger partial charge < -0.3 is 14.2 Å². The van der Waals surface area contributed by atoms with Gasteiger partial charge in [0.25, 0.3) is 0 Å². The first kappa shape index (κ1) is 20.0. The minimum Gasteiger partial charge on any atom is -0.469 e. The molecule has 0 saturated heterocycles. The van der Waals surface area contributed by atoms with Crippen LogP contribution in [0.2, 0.25) is 0 Å². The third-order valence-corrected chi connectivity index (χ3v) is 4.61. The van der Waals surface area contributed by atoms with Crippen molar-refractivity contribution in [3.8, 4) is 11.5 Å². The van der Waals surface area contributed by atoms with Gasteiger partial charge in [-0.2, -0.15) is 0 Å². The van der Waals surface area contributed by atoms with Crippen LogP contribution in [0.25, 0.3) is 0 Å². The molecule has 1 aromatic carbocycles. The summed E-state index contributed by atoms with van der Waals surface area (Å²) < 4.78 is 18.5. The molecule has 1 aliphatic rings. The largest absolute Gasteiger partial charge is 0.469 e. The van der Waals surface area contributed by atoms with Gasteiger partial charge in [0.1, 0.15) is 0 Å². The molecule has 0 saturated carbocycles. The first-order valence-corrected chi connectivity index (χ1v) is 9.56. The third kappa shape index (κ3) is 6.17. The molecule has 2 unspecified atom stereocenters. The zero-order valence-corrected chi connectivity index (χ0v) is 16.2. The number of likely N-dealkylation sites (N-methyl/N-ethyl adjacent to an activating group) is 2. The summed E-state index contributed by atoms with van der Waals surface area (Å²) in [6.45, 7) is 7.47. The second kappa shape index (κ2) is 10.6. The maximum absolute atomic E-state index is 6.24. The zero-order valence-electron chi connectivity index (χ0n) is 16.2. The van der Waals surface area contributed by atoms with Crippen LogP contribution in [0.5, 0.6) is 11.5 Å². The second-order valence-corrected chi connectivity index (χ2v) is 6.80. The van der Waals surface area contributed by atoms with Crippen LogP contribution in [0.1, 0.15) is 39.5 Å². The van der Waals surface area contributed by atoms with E-state index >= 15 is 0 Å². The number of nitrogens with zero attached hydrogens (tertiary/aromatic N) is 2. The molecule has 0 fully saturated rings. The van der Waals surface area contributed by atoms with Crippen molar-refractivity contribution in [2.45, 2.75) is 52.0 Å². The molecule has 0 amide bonds. The number of benzene rings is 1.